The van der Waals surface area contributed by atoms with Crippen LogP contribution in [-0.4, -0.2) is 48.9 Å². The van der Waals surface area contributed by atoms with Gasteiger partial charge in [-0.2, -0.15) is 0 Å². The lowest BCUT2D eigenvalue weighted by Gasteiger charge is -2.34. The van der Waals surface area contributed by atoms with Crippen LogP contribution in [0.5, 0.6) is 0 Å². The molecule has 2 saturated heterocycles. The van der Waals surface area contributed by atoms with Crippen LogP contribution < -0.4 is 10.6 Å². The Morgan fingerprint density at radius 1 is 0.960 bits per heavy atom. The van der Waals surface area contributed by atoms with Crippen molar-refractivity contribution in [2.75, 3.05) is 26.2 Å². The van der Waals surface area contributed by atoms with Gasteiger partial charge >= 0.3 is 0 Å². The summed E-state index contributed by atoms with van der Waals surface area (Å²) >= 11 is 0. The van der Waals surface area contributed by atoms with Crippen molar-refractivity contribution in [2.45, 2.75) is 70.3 Å². The second kappa shape index (κ2) is 10.4. The topological polar surface area (TPSA) is 61.4 Å². The van der Waals surface area contributed by atoms with Crippen molar-refractivity contribution < 1.29 is 9.59 Å². The second-order valence-corrected chi connectivity index (χ2v) is 7.95. The van der Waals surface area contributed by atoms with E-state index in [2.05, 4.69) is 15.5 Å². The molecular formula is C19H34ClN3O2. The normalized spacial score (nSPS) is 27.6. The lowest BCUT2D eigenvalue weighted by atomic mass is 9.86. The van der Waals surface area contributed by atoms with Crippen LogP contribution in [0.4, 0.5) is 0 Å². The molecule has 1 saturated carbocycles. The molecule has 0 bridgehead atoms. The first kappa shape index (κ1) is 20.5. The predicted octanol–water partition coefficient (Wildman–Crippen LogP) is 2.49. The zero-order valence-corrected chi connectivity index (χ0v) is 16.1. The molecule has 2 amide bonds. The third-order valence-electron chi connectivity index (χ3n) is 6.00. The van der Waals surface area contributed by atoms with Gasteiger partial charge in [-0.3, -0.25) is 9.59 Å². The fraction of sp³-hybridized carbons (Fsp3) is 0.895. The smallest absolute Gasteiger partial charge is 0.237 e. The number of likely N-dealkylation sites (tertiary alicyclic amines) is 1. The summed E-state index contributed by atoms with van der Waals surface area (Å²) in [5, 5.41) is 6.34. The summed E-state index contributed by atoms with van der Waals surface area (Å²) in [6, 6.07) is -0.00220. The fourth-order valence-electron chi connectivity index (χ4n) is 4.50. The van der Waals surface area contributed by atoms with Gasteiger partial charge in [0.05, 0.1) is 6.04 Å². The standard InChI is InChI=1S/C19H33N3O2.ClH/c23-18(12-15-6-2-1-3-7-15)22-11-5-8-16(14-22)13-21-19(24)17-9-4-10-20-17;/h15-17,20H,1-14H2,(H,21,24);1H. The number of carbonyl (C=O) groups excluding carboxylic acids is 2. The minimum atomic E-state index is -0.00220. The summed E-state index contributed by atoms with van der Waals surface area (Å²) in [4.78, 5) is 26.8. The van der Waals surface area contributed by atoms with Crippen LogP contribution in [-0.2, 0) is 9.59 Å². The van der Waals surface area contributed by atoms with Crippen molar-refractivity contribution in [1.82, 2.24) is 15.5 Å². The van der Waals surface area contributed by atoms with Gasteiger partial charge in [0.25, 0.3) is 0 Å². The van der Waals surface area contributed by atoms with Gasteiger partial charge in [-0.1, -0.05) is 19.3 Å². The highest BCUT2D eigenvalue weighted by Crippen LogP contribution is 2.27. The maximum Gasteiger partial charge on any atom is 0.237 e. The number of rotatable bonds is 5. The van der Waals surface area contributed by atoms with Crippen molar-refractivity contribution in [1.29, 1.82) is 0 Å². The highest BCUT2D eigenvalue weighted by Gasteiger charge is 2.27. The van der Waals surface area contributed by atoms with Crippen LogP contribution in [0.25, 0.3) is 0 Å². The van der Waals surface area contributed by atoms with E-state index in [9.17, 15) is 9.59 Å². The number of hydrogen-bond acceptors (Lipinski definition) is 3. The van der Waals surface area contributed by atoms with Gasteiger partial charge in [0.1, 0.15) is 0 Å². The Morgan fingerprint density at radius 2 is 1.72 bits per heavy atom. The Balaban J connectivity index is 0.00000225. The van der Waals surface area contributed by atoms with Gasteiger partial charge in [-0.25, -0.2) is 0 Å². The number of hydrogen-bond donors (Lipinski definition) is 2. The Morgan fingerprint density at radius 3 is 2.44 bits per heavy atom. The van der Waals surface area contributed by atoms with E-state index >= 15 is 0 Å². The summed E-state index contributed by atoms with van der Waals surface area (Å²) < 4.78 is 0. The van der Waals surface area contributed by atoms with E-state index < -0.39 is 0 Å². The van der Waals surface area contributed by atoms with E-state index in [0.29, 0.717) is 24.3 Å². The molecular weight excluding hydrogens is 338 g/mol. The second-order valence-electron chi connectivity index (χ2n) is 7.95. The minimum absolute atomic E-state index is 0. The van der Waals surface area contributed by atoms with Crippen LogP contribution >= 0.6 is 12.4 Å². The summed E-state index contributed by atoms with van der Waals surface area (Å²) in [6.45, 7) is 3.39. The van der Waals surface area contributed by atoms with Crippen molar-refractivity contribution in [2.24, 2.45) is 11.8 Å². The third-order valence-corrected chi connectivity index (χ3v) is 6.00. The molecule has 25 heavy (non-hydrogen) atoms. The van der Waals surface area contributed by atoms with Crippen LogP contribution in [0.3, 0.4) is 0 Å². The van der Waals surface area contributed by atoms with Gasteiger partial charge in [0.15, 0.2) is 0 Å². The summed E-state index contributed by atoms with van der Waals surface area (Å²) in [6.07, 6.45) is 11.3. The summed E-state index contributed by atoms with van der Waals surface area (Å²) in [7, 11) is 0. The van der Waals surface area contributed by atoms with E-state index in [1.165, 1.54) is 32.1 Å². The summed E-state index contributed by atoms with van der Waals surface area (Å²) in [5.41, 5.74) is 0. The van der Waals surface area contributed by atoms with E-state index in [0.717, 1.165) is 51.7 Å². The van der Waals surface area contributed by atoms with Gasteiger partial charge < -0.3 is 15.5 Å². The van der Waals surface area contributed by atoms with Gasteiger partial charge in [-0.15, -0.1) is 12.4 Å². The molecule has 2 atom stereocenters. The molecule has 3 aliphatic rings. The zero-order chi connectivity index (χ0) is 16.8. The zero-order valence-electron chi connectivity index (χ0n) is 15.3. The van der Waals surface area contributed by atoms with Crippen LogP contribution in [0.15, 0.2) is 0 Å². The molecule has 0 aromatic heterocycles. The van der Waals surface area contributed by atoms with Crippen molar-refractivity contribution in [3.8, 4) is 0 Å². The van der Waals surface area contributed by atoms with Crippen molar-refractivity contribution in [3.63, 3.8) is 0 Å². The Kier molecular flexibility index (Phi) is 8.50. The molecule has 5 nitrogen and oxygen atoms in total. The van der Waals surface area contributed by atoms with Crippen LogP contribution in [0.1, 0.15) is 64.2 Å². The lowest BCUT2D eigenvalue weighted by molar-refractivity contribution is -0.134. The molecule has 1 aliphatic carbocycles. The molecule has 3 fully saturated rings. The predicted molar refractivity (Wildman–Crippen MR) is 102 cm³/mol. The van der Waals surface area contributed by atoms with Crippen LogP contribution in [0, 0.1) is 11.8 Å². The first-order valence-corrected chi connectivity index (χ1v) is 10.0. The summed E-state index contributed by atoms with van der Waals surface area (Å²) in [5.74, 6) is 1.51. The van der Waals surface area contributed by atoms with Gasteiger partial charge in [-0.05, 0) is 56.9 Å². The Hall–Kier alpha value is -0.810. The number of piperidine rings is 1. The van der Waals surface area contributed by atoms with E-state index in [4.69, 9.17) is 0 Å². The molecule has 0 aromatic rings. The Bertz CT molecular complexity index is 434. The lowest BCUT2D eigenvalue weighted by Crippen LogP contribution is -2.47. The minimum Gasteiger partial charge on any atom is -0.354 e. The van der Waals surface area contributed by atoms with E-state index in [1.54, 1.807) is 0 Å². The van der Waals surface area contributed by atoms with Crippen LogP contribution in [0.2, 0.25) is 0 Å². The highest BCUT2D eigenvalue weighted by atomic mass is 35.5. The van der Waals surface area contributed by atoms with Gasteiger partial charge in [0.2, 0.25) is 11.8 Å². The molecule has 2 heterocycles. The molecule has 2 unspecified atom stereocenters. The average Bonchev–Trinajstić information content (AvgIpc) is 3.15. The molecule has 6 heteroatoms. The molecule has 0 radical (unpaired) electrons. The van der Waals surface area contributed by atoms with Crippen molar-refractivity contribution >= 4 is 24.2 Å². The van der Waals surface area contributed by atoms with E-state index in [1.807, 2.05) is 0 Å². The number of nitrogens with one attached hydrogen (secondary N) is 2. The van der Waals surface area contributed by atoms with E-state index in [-0.39, 0.29) is 24.4 Å². The maximum atomic E-state index is 12.6. The maximum absolute atomic E-state index is 12.6. The molecule has 144 valence electrons. The molecule has 2 N–H and O–H groups in total. The molecule has 0 aromatic carbocycles. The van der Waals surface area contributed by atoms with Crippen molar-refractivity contribution in [3.05, 3.63) is 0 Å². The molecule has 0 spiro atoms. The number of halogens is 1. The Labute approximate surface area is 158 Å². The quantitative estimate of drug-likeness (QED) is 0.780. The third kappa shape index (κ3) is 6.14. The van der Waals surface area contributed by atoms with Gasteiger partial charge in [0, 0.05) is 26.1 Å². The number of nitrogens with zero attached hydrogens (tertiary/aromatic N) is 1. The largest absolute Gasteiger partial charge is 0.354 e. The highest BCUT2D eigenvalue weighted by molar-refractivity contribution is 5.85. The molecule has 2 aliphatic heterocycles. The number of amides is 2. The fourth-order valence-corrected chi connectivity index (χ4v) is 4.50. The first-order chi connectivity index (χ1) is 11.7. The first-order valence-electron chi connectivity index (χ1n) is 10.0. The number of carbonyl (C=O) groups is 2. The molecule has 3 rings (SSSR count). The monoisotopic (exact) mass is 371 g/mol. The average molecular weight is 372 g/mol. The SMILES string of the molecule is Cl.O=C(NCC1CCCN(C(=O)CC2CCCCC2)C1)C1CCCN1.